The SMILES string of the molecule is [B+2]c1ccc(OCc2ccccc2)c(F)c1.[OH-].[OH-]. The van der Waals surface area contributed by atoms with E-state index in [0.717, 1.165) is 5.56 Å². The summed E-state index contributed by atoms with van der Waals surface area (Å²) in [6.45, 7) is 0.349. The van der Waals surface area contributed by atoms with Crippen LogP contribution < -0.4 is 10.2 Å². The molecular formula is C13H12BFO3. The van der Waals surface area contributed by atoms with E-state index in [2.05, 4.69) is 0 Å². The Morgan fingerprint density at radius 2 is 1.67 bits per heavy atom. The molecule has 0 spiro atoms. The van der Waals surface area contributed by atoms with Gasteiger partial charge in [-0.25, -0.2) is 0 Å². The summed E-state index contributed by atoms with van der Waals surface area (Å²) < 4.78 is 18.7. The molecule has 0 bridgehead atoms. The summed E-state index contributed by atoms with van der Waals surface area (Å²) in [5, 5.41) is 0. The van der Waals surface area contributed by atoms with E-state index in [9.17, 15) is 4.39 Å². The fourth-order valence-electron chi connectivity index (χ4n) is 1.37. The Morgan fingerprint density at radius 3 is 2.28 bits per heavy atom. The van der Waals surface area contributed by atoms with E-state index in [4.69, 9.17) is 12.6 Å². The predicted molar refractivity (Wildman–Crippen MR) is 66.4 cm³/mol. The Morgan fingerprint density at radius 1 is 1.00 bits per heavy atom. The molecule has 0 aliphatic rings. The molecule has 92 valence electrons. The van der Waals surface area contributed by atoms with Gasteiger partial charge in [-0.05, 0) is 0 Å². The van der Waals surface area contributed by atoms with Crippen LogP contribution in [0.25, 0.3) is 0 Å². The maximum absolute atomic E-state index is 13.3. The summed E-state index contributed by atoms with van der Waals surface area (Å²) in [6, 6.07) is 14.0. The quantitative estimate of drug-likeness (QED) is 0.776. The number of rotatable bonds is 3. The van der Waals surface area contributed by atoms with Gasteiger partial charge in [0.2, 0.25) is 0 Å². The van der Waals surface area contributed by atoms with E-state index in [1.807, 2.05) is 30.3 Å². The van der Waals surface area contributed by atoms with Crippen LogP contribution >= 0.6 is 0 Å². The smallest absolute Gasteiger partial charge is 0.870 e. The second-order valence-corrected chi connectivity index (χ2v) is 3.46. The molecule has 0 fully saturated rings. The van der Waals surface area contributed by atoms with Crippen molar-refractivity contribution < 1.29 is 20.1 Å². The minimum Gasteiger partial charge on any atom is -0.870 e. The topological polar surface area (TPSA) is 69.2 Å². The molecular weight excluding hydrogens is 234 g/mol. The van der Waals surface area contributed by atoms with E-state index in [-0.39, 0.29) is 16.7 Å². The molecule has 0 unspecified atom stereocenters. The zero-order chi connectivity index (χ0) is 11.4. The van der Waals surface area contributed by atoms with E-state index in [1.165, 1.54) is 12.1 Å². The van der Waals surface area contributed by atoms with Crippen molar-refractivity contribution in [1.82, 2.24) is 0 Å². The summed E-state index contributed by atoms with van der Waals surface area (Å²) in [5.74, 6) is -0.214. The van der Waals surface area contributed by atoms with Crippen molar-refractivity contribution >= 4 is 13.3 Å². The minimum atomic E-state index is -0.434. The van der Waals surface area contributed by atoms with Crippen molar-refractivity contribution in [2.75, 3.05) is 0 Å². The second-order valence-electron chi connectivity index (χ2n) is 3.46. The van der Waals surface area contributed by atoms with Crippen molar-refractivity contribution in [2.45, 2.75) is 6.61 Å². The van der Waals surface area contributed by atoms with Gasteiger partial charge in [-0.2, -0.15) is 0 Å². The van der Waals surface area contributed by atoms with Gasteiger partial charge >= 0.3 is 94.7 Å². The molecule has 0 aliphatic heterocycles. The van der Waals surface area contributed by atoms with Crippen LogP contribution in [0, 0.1) is 5.82 Å². The Balaban J connectivity index is 0.00000144. The molecule has 3 nitrogen and oxygen atoms in total. The molecule has 5 heteroatoms. The normalized spacial score (nSPS) is 9.06. The van der Waals surface area contributed by atoms with Crippen LogP contribution in [0.2, 0.25) is 0 Å². The number of ether oxygens (including phenoxy) is 1. The third-order valence-corrected chi connectivity index (χ3v) is 2.19. The number of hydrogen-bond donors (Lipinski definition) is 0. The number of halogens is 1. The number of hydrogen-bond acceptors (Lipinski definition) is 3. The first-order valence-electron chi connectivity index (χ1n) is 4.97. The molecule has 0 amide bonds. The molecule has 0 radical (unpaired) electrons. The van der Waals surface area contributed by atoms with Gasteiger partial charge in [0, 0.05) is 0 Å². The maximum atomic E-state index is 13.3. The third-order valence-electron chi connectivity index (χ3n) is 2.19. The Hall–Kier alpha value is -1.85. The van der Waals surface area contributed by atoms with Gasteiger partial charge in [0.05, 0.1) is 0 Å². The molecule has 2 aromatic rings. The first kappa shape index (κ1) is 16.2. The molecule has 0 saturated heterocycles. The standard InChI is InChI=1S/C13H10BFO.2H2O/c14-11-6-7-13(12(15)8-11)16-9-10-4-2-1-3-5-10;;/h1-8H,9H2;2*1H2/q+2;;/p-2. The van der Waals surface area contributed by atoms with Crippen LogP contribution in [0.1, 0.15) is 5.56 Å². The fourth-order valence-corrected chi connectivity index (χ4v) is 1.37. The maximum Gasteiger partial charge on any atom is -0.870 e. The average molecular weight is 246 g/mol. The summed E-state index contributed by atoms with van der Waals surface area (Å²) in [7, 11) is 5.44. The molecule has 0 aliphatic carbocycles. The van der Waals surface area contributed by atoms with E-state index < -0.39 is 5.82 Å². The Labute approximate surface area is 106 Å². The summed E-state index contributed by atoms with van der Waals surface area (Å²) in [4.78, 5) is 0. The Kier molecular flexibility index (Phi) is 6.71. The zero-order valence-electron chi connectivity index (χ0n) is 9.58. The van der Waals surface area contributed by atoms with Crippen molar-refractivity contribution in [3.05, 3.63) is 59.9 Å². The van der Waals surface area contributed by atoms with Gasteiger partial charge in [0.1, 0.15) is 0 Å². The number of benzene rings is 2. The second kappa shape index (κ2) is 7.47. The van der Waals surface area contributed by atoms with Gasteiger partial charge in [0.15, 0.2) is 0 Å². The molecule has 0 heterocycles. The molecule has 0 saturated carbocycles. The fraction of sp³-hybridized carbons (Fsp3) is 0.0769. The van der Waals surface area contributed by atoms with Crippen molar-refractivity contribution in [3.63, 3.8) is 0 Å². The van der Waals surface area contributed by atoms with Crippen LogP contribution in [-0.2, 0) is 6.61 Å². The summed E-state index contributed by atoms with van der Waals surface area (Å²) >= 11 is 0. The van der Waals surface area contributed by atoms with Crippen LogP contribution in [-0.4, -0.2) is 18.8 Å². The van der Waals surface area contributed by atoms with Crippen LogP contribution in [0.4, 0.5) is 4.39 Å². The van der Waals surface area contributed by atoms with Crippen LogP contribution in [0.3, 0.4) is 0 Å². The molecule has 18 heavy (non-hydrogen) atoms. The van der Waals surface area contributed by atoms with Crippen molar-refractivity contribution in [2.24, 2.45) is 0 Å². The third kappa shape index (κ3) is 4.20. The molecule has 0 atom stereocenters. The van der Waals surface area contributed by atoms with Crippen molar-refractivity contribution in [3.8, 4) is 5.75 Å². The first-order valence-corrected chi connectivity index (χ1v) is 4.97. The van der Waals surface area contributed by atoms with Gasteiger partial charge < -0.3 is 11.0 Å². The molecule has 2 aromatic carbocycles. The van der Waals surface area contributed by atoms with E-state index >= 15 is 0 Å². The van der Waals surface area contributed by atoms with Crippen molar-refractivity contribution in [1.29, 1.82) is 0 Å². The minimum absolute atomic E-state index is 0. The van der Waals surface area contributed by atoms with Gasteiger partial charge in [-0.3, -0.25) is 0 Å². The largest absolute Gasteiger partial charge is 0.870 e. The monoisotopic (exact) mass is 246 g/mol. The summed E-state index contributed by atoms with van der Waals surface area (Å²) in [5.41, 5.74) is 1.39. The summed E-state index contributed by atoms with van der Waals surface area (Å²) in [6.07, 6.45) is 0. The van der Waals surface area contributed by atoms with Crippen LogP contribution in [0.15, 0.2) is 48.5 Å². The Bertz CT molecular complexity index is 477. The predicted octanol–water partition coefficient (Wildman–Crippen LogP) is 1.84. The molecule has 2 rings (SSSR count). The van der Waals surface area contributed by atoms with E-state index in [0.29, 0.717) is 12.1 Å². The molecule has 0 aromatic heterocycles. The van der Waals surface area contributed by atoms with Crippen LogP contribution in [0.5, 0.6) is 5.75 Å². The average Bonchev–Trinajstić information content (AvgIpc) is 2.29. The van der Waals surface area contributed by atoms with Gasteiger partial charge in [0.25, 0.3) is 0 Å². The zero-order valence-corrected chi connectivity index (χ0v) is 9.58. The van der Waals surface area contributed by atoms with Gasteiger partial charge in [-0.1, -0.05) is 0 Å². The van der Waals surface area contributed by atoms with E-state index in [1.54, 1.807) is 6.07 Å². The molecule has 2 N–H and O–H groups in total. The van der Waals surface area contributed by atoms with Gasteiger partial charge in [-0.15, -0.1) is 0 Å². The first-order chi connectivity index (χ1) is 7.75.